The Labute approximate surface area is 129 Å². The van der Waals surface area contributed by atoms with Crippen molar-refractivity contribution in [1.29, 1.82) is 0 Å². The molecule has 0 saturated carbocycles. The molecule has 0 unspecified atom stereocenters. The number of benzene rings is 1. The van der Waals surface area contributed by atoms with E-state index in [-0.39, 0.29) is 37.2 Å². The zero-order valence-electron chi connectivity index (χ0n) is 11.9. The van der Waals surface area contributed by atoms with Gasteiger partial charge in [-0.05, 0) is 24.6 Å². The second-order valence-corrected chi connectivity index (χ2v) is 4.99. The normalized spacial score (nSPS) is 20.5. The summed E-state index contributed by atoms with van der Waals surface area (Å²) in [5.74, 6) is -0.433. The standard InChI is InChI=1S/C14H18FN3O2.ClH/c1-8-3-4-11(17-9(2)19)6-12(8)18-14(20)13-5-10(15)7-16-13;/h3-4,6,10,13,16H,5,7H2,1-2H3,(H,17,19)(H,18,20);1H/t10-,13+;/m0./s1. The minimum atomic E-state index is -0.974. The molecule has 1 aliphatic heterocycles. The van der Waals surface area contributed by atoms with E-state index in [4.69, 9.17) is 0 Å². The molecule has 116 valence electrons. The number of alkyl halides is 1. The van der Waals surface area contributed by atoms with E-state index in [0.717, 1.165) is 5.56 Å². The molecule has 1 aliphatic rings. The van der Waals surface area contributed by atoms with Crippen molar-refractivity contribution >= 4 is 35.6 Å². The molecular formula is C14H19ClFN3O2. The summed E-state index contributed by atoms with van der Waals surface area (Å²) in [4.78, 5) is 23.0. The lowest BCUT2D eigenvalue weighted by Gasteiger charge is -2.14. The number of aryl methyl sites for hydroxylation is 1. The van der Waals surface area contributed by atoms with Gasteiger partial charge in [0.15, 0.2) is 0 Å². The number of carbonyl (C=O) groups is 2. The first-order chi connectivity index (χ1) is 9.45. The van der Waals surface area contributed by atoms with Gasteiger partial charge < -0.3 is 16.0 Å². The molecule has 5 nitrogen and oxygen atoms in total. The Balaban J connectivity index is 0.00000220. The quantitative estimate of drug-likeness (QED) is 0.799. The summed E-state index contributed by atoms with van der Waals surface area (Å²) in [5.41, 5.74) is 2.11. The molecule has 2 atom stereocenters. The molecule has 0 aliphatic carbocycles. The van der Waals surface area contributed by atoms with Gasteiger partial charge in [-0.2, -0.15) is 0 Å². The molecule has 1 aromatic carbocycles. The van der Waals surface area contributed by atoms with Crippen LogP contribution in [0.15, 0.2) is 18.2 Å². The molecule has 21 heavy (non-hydrogen) atoms. The Bertz CT molecular complexity index is 539. The lowest BCUT2D eigenvalue weighted by atomic mass is 10.1. The minimum Gasteiger partial charge on any atom is -0.326 e. The summed E-state index contributed by atoms with van der Waals surface area (Å²) < 4.78 is 13.1. The number of amides is 2. The van der Waals surface area contributed by atoms with Gasteiger partial charge in [-0.1, -0.05) is 6.07 Å². The maximum atomic E-state index is 13.1. The average molecular weight is 316 g/mol. The SMILES string of the molecule is CC(=O)Nc1ccc(C)c(NC(=O)[C@H]2C[C@H](F)CN2)c1.Cl. The van der Waals surface area contributed by atoms with Crippen LogP contribution in [0.2, 0.25) is 0 Å². The van der Waals surface area contributed by atoms with Gasteiger partial charge in [-0.25, -0.2) is 4.39 Å². The van der Waals surface area contributed by atoms with Gasteiger partial charge in [-0.15, -0.1) is 12.4 Å². The number of carbonyl (C=O) groups excluding carboxylic acids is 2. The summed E-state index contributed by atoms with van der Waals surface area (Å²) in [5, 5.41) is 8.26. The number of nitrogens with one attached hydrogen (secondary N) is 3. The van der Waals surface area contributed by atoms with E-state index < -0.39 is 12.2 Å². The van der Waals surface area contributed by atoms with Crippen LogP contribution in [-0.4, -0.2) is 30.6 Å². The molecule has 1 aromatic rings. The molecule has 7 heteroatoms. The fourth-order valence-corrected chi connectivity index (χ4v) is 2.15. The van der Waals surface area contributed by atoms with Crippen LogP contribution in [0, 0.1) is 6.92 Å². The molecule has 3 N–H and O–H groups in total. The predicted molar refractivity (Wildman–Crippen MR) is 82.7 cm³/mol. The lowest BCUT2D eigenvalue weighted by Crippen LogP contribution is -2.35. The molecule has 1 saturated heterocycles. The molecule has 0 aromatic heterocycles. The van der Waals surface area contributed by atoms with E-state index in [9.17, 15) is 14.0 Å². The molecule has 0 bridgehead atoms. The highest BCUT2D eigenvalue weighted by molar-refractivity contribution is 5.97. The molecular weight excluding hydrogens is 297 g/mol. The van der Waals surface area contributed by atoms with E-state index in [1.165, 1.54) is 6.92 Å². The van der Waals surface area contributed by atoms with E-state index in [1.807, 2.05) is 6.92 Å². The van der Waals surface area contributed by atoms with Crippen molar-refractivity contribution in [2.24, 2.45) is 0 Å². The van der Waals surface area contributed by atoms with Crippen molar-refractivity contribution in [3.8, 4) is 0 Å². The van der Waals surface area contributed by atoms with Gasteiger partial charge in [0.25, 0.3) is 0 Å². The van der Waals surface area contributed by atoms with E-state index in [1.54, 1.807) is 18.2 Å². The molecule has 2 amide bonds. The number of hydrogen-bond donors (Lipinski definition) is 3. The molecule has 1 fully saturated rings. The topological polar surface area (TPSA) is 70.2 Å². The van der Waals surface area contributed by atoms with Crippen molar-refractivity contribution < 1.29 is 14.0 Å². The monoisotopic (exact) mass is 315 g/mol. The summed E-state index contributed by atoms with van der Waals surface area (Å²) in [6.45, 7) is 3.48. The third-order valence-corrected chi connectivity index (χ3v) is 3.21. The first-order valence-corrected chi connectivity index (χ1v) is 6.52. The van der Waals surface area contributed by atoms with Gasteiger partial charge in [0, 0.05) is 31.3 Å². The Morgan fingerprint density at radius 2 is 2.05 bits per heavy atom. The molecule has 2 rings (SSSR count). The maximum absolute atomic E-state index is 13.1. The summed E-state index contributed by atoms with van der Waals surface area (Å²) >= 11 is 0. The summed E-state index contributed by atoms with van der Waals surface area (Å²) in [7, 11) is 0. The lowest BCUT2D eigenvalue weighted by molar-refractivity contribution is -0.118. The third kappa shape index (κ3) is 4.68. The zero-order chi connectivity index (χ0) is 14.7. The second-order valence-electron chi connectivity index (χ2n) is 4.99. The Morgan fingerprint density at radius 1 is 1.33 bits per heavy atom. The van der Waals surface area contributed by atoms with Crippen LogP contribution in [0.1, 0.15) is 18.9 Å². The van der Waals surface area contributed by atoms with Crippen molar-refractivity contribution in [3.63, 3.8) is 0 Å². The van der Waals surface area contributed by atoms with Crippen LogP contribution in [0.25, 0.3) is 0 Å². The van der Waals surface area contributed by atoms with Gasteiger partial charge in [0.05, 0.1) is 6.04 Å². The van der Waals surface area contributed by atoms with Crippen LogP contribution in [0.5, 0.6) is 0 Å². The van der Waals surface area contributed by atoms with Crippen molar-refractivity contribution in [3.05, 3.63) is 23.8 Å². The van der Waals surface area contributed by atoms with Crippen molar-refractivity contribution in [1.82, 2.24) is 5.32 Å². The fraction of sp³-hybridized carbons (Fsp3) is 0.429. The molecule has 0 spiro atoms. The van der Waals surface area contributed by atoms with Crippen molar-refractivity contribution in [2.45, 2.75) is 32.5 Å². The third-order valence-electron chi connectivity index (χ3n) is 3.21. The van der Waals surface area contributed by atoms with Gasteiger partial charge in [0.2, 0.25) is 11.8 Å². The fourth-order valence-electron chi connectivity index (χ4n) is 2.15. The van der Waals surface area contributed by atoms with Crippen LogP contribution in [0.3, 0.4) is 0 Å². The van der Waals surface area contributed by atoms with Crippen LogP contribution < -0.4 is 16.0 Å². The largest absolute Gasteiger partial charge is 0.326 e. The highest BCUT2D eigenvalue weighted by Crippen LogP contribution is 2.21. The first-order valence-electron chi connectivity index (χ1n) is 6.52. The van der Waals surface area contributed by atoms with Crippen LogP contribution in [-0.2, 0) is 9.59 Å². The Hall–Kier alpha value is -1.66. The molecule has 0 radical (unpaired) electrons. The number of hydrogen-bond acceptors (Lipinski definition) is 3. The van der Waals surface area contributed by atoms with Gasteiger partial charge in [-0.3, -0.25) is 9.59 Å². The number of rotatable bonds is 3. The average Bonchev–Trinajstić information content (AvgIpc) is 2.79. The number of halogens is 2. The zero-order valence-corrected chi connectivity index (χ0v) is 12.7. The van der Waals surface area contributed by atoms with E-state index in [2.05, 4.69) is 16.0 Å². The van der Waals surface area contributed by atoms with Crippen LogP contribution in [0.4, 0.5) is 15.8 Å². The maximum Gasteiger partial charge on any atom is 0.241 e. The molecule has 1 heterocycles. The summed E-state index contributed by atoms with van der Waals surface area (Å²) in [6, 6.07) is 4.75. The second kappa shape index (κ2) is 7.38. The number of anilines is 2. The van der Waals surface area contributed by atoms with Gasteiger partial charge in [0.1, 0.15) is 6.17 Å². The van der Waals surface area contributed by atoms with E-state index >= 15 is 0 Å². The minimum absolute atomic E-state index is 0. The predicted octanol–water partition coefficient (Wildman–Crippen LogP) is 2.01. The first kappa shape index (κ1) is 17.4. The Morgan fingerprint density at radius 3 is 2.62 bits per heavy atom. The van der Waals surface area contributed by atoms with Crippen LogP contribution >= 0.6 is 12.4 Å². The highest BCUT2D eigenvalue weighted by Gasteiger charge is 2.29. The smallest absolute Gasteiger partial charge is 0.241 e. The highest BCUT2D eigenvalue weighted by atomic mass is 35.5. The van der Waals surface area contributed by atoms with Crippen molar-refractivity contribution in [2.75, 3.05) is 17.2 Å². The Kier molecular flexibility index (Phi) is 6.11. The van der Waals surface area contributed by atoms with Gasteiger partial charge >= 0.3 is 0 Å². The summed E-state index contributed by atoms with van der Waals surface area (Å²) in [6.07, 6.45) is -0.784. The van der Waals surface area contributed by atoms with E-state index in [0.29, 0.717) is 11.4 Å².